The van der Waals surface area contributed by atoms with Crippen LogP contribution in [0.1, 0.15) is 24.2 Å². The molecule has 1 aromatic rings. The van der Waals surface area contributed by atoms with Crippen LogP contribution in [0.3, 0.4) is 0 Å². The van der Waals surface area contributed by atoms with E-state index in [-0.39, 0.29) is 0 Å². The van der Waals surface area contributed by atoms with Gasteiger partial charge in [0.25, 0.3) is 0 Å². The molecule has 0 bridgehead atoms. The zero-order valence-corrected chi connectivity index (χ0v) is 7.63. The van der Waals surface area contributed by atoms with Crippen molar-refractivity contribution < 1.29 is 4.42 Å². The van der Waals surface area contributed by atoms with Crippen LogP contribution in [0.4, 0.5) is 0 Å². The van der Waals surface area contributed by atoms with Gasteiger partial charge in [-0.05, 0) is 24.6 Å². The van der Waals surface area contributed by atoms with Crippen LogP contribution < -0.4 is 5.32 Å². The maximum atomic E-state index is 5.40. The Hall–Kier alpha value is -0.760. The Balaban J connectivity index is 2.23. The number of furan rings is 1. The Kier molecular flexibility index (Phi) is 1.93. The van der Waals surface area contributed by atoms with Crippen molar-refractivity contribution in [3.8, 4) is 0 Å². The van der Waals surface area contributed by atoms with Gasteiger partial charge in [0.1, 0.15) is 5.76 Å². The molecule has 2 nitrogen and oxygen atoms in total. The third kappa shape index (κ3) is 1.07. The topological polar surface area (TPSA) is 25.2 Å². The Morgan fingerprint density at radius 1 is 1.67 bits per heavy atom. The zero-order chi connectivity index (χ0) is 8.55. The van der Waals surface area contributed by atoms with E-state index in [1.807, 2.05) is 7.05 Å². The standard InChI is InChI=1S/C10H15NO/c1-7-5-10-8(3-4-12-10)9(7)6-11-2/h3-4,7,9,11H,5-6H2,1-2H3. The fraction of sp³-hybridized carbons (Fsp3) is 0.600. The summed E-state index contributed by atoms with van der Waals surface area (Å²) < 4.78 is 5.40. The van der Waals surface area contributed by atoms with E-state index in [9.17, 15) is 0 Å². The van der Waals surface area contributed by atoms with Gasteiger partial charge < -0.3 is 9.73 Å². The van der Waals surface area contributed by atoms with Crippen molar-refractivity contribution in [2.24, 2.45) is 5.92 Å². The van der Waals surface area contributed by atoms with Crippen LogP contribution in [0, 0.1) is 5.92 Å². The summed E-state index contributed by atoms with van der Waals surface area (Å²) in [7, 11) is 2.00. The first kappa shape index (κ1) is 7.87. The van der Waals surface area contributed by atoms with Gasteiger partial charge in [0.15, 0.2) is 0 Å². The molecule has 0 fully saturated rings. The molecule has 2 unspecified atom stereocenters. The lowest BCUT2D eigenvalue weighted by molar-refractivity contribution is 0.447. The van der Waals surface area contributed by atoms with Crippen molar-refractivity contribution >= 4 is 0 Å². The lowest BCUT2D eigenvalue weighted by Crippen LogP contribution is -2.19. The number of likely N-dealkylation sites (N-methyl/N-ethyl adjacent to an activating group) is 1. The highest BCUT2D eigenvalue weighted by Gasteiger charge is 2.30. The molecule has 66 valence electrons. The molecule has 0 saturated carbocycles. The average molecular weight is 165 g/mol. The Labute approximate surface area is 73.0 Å². The summed E-state index contributed by atoms with van der Waals surface area (Å²) in [6, 6.07) is 2.11. The fourth-order valence-corrected chi connectivity index (χ4v) is 2.12. The first-order valence-electron chi connectivity index (χ1n) is 4.53. The van der Waals surface area contributed by atoms with E-state index in [0.717, 1.165) is 18.9 Å². The number of hydrogen-bond acceptors (Lipinski definition) is 2. The molecule has 1 aromatic heterocycles. The minimum atomic E-state index is 0.656. The van der Waals surface area contributed by atoms with Gasteiger partial charge in [0.05, 0.1) is 6.26 Å². The second-order valence-electron chi connectivity index (χ2n) is 3.64. The summed E-state index contributed by atoms with van der Waals surface area (Å²) in [6.07, 6.45) is 2.91. The molecule has 2 heteroatoms. The number of fused-ring (bicyclic) bond motifs is 1. The van der Waals surface area contributed by atoms with Crippen LogP contribution in [0.5, 0.6) is 0 Å². The van der Waals surface area contributed by atoms with Gasteiger partial charge in [-0.15, -0.1) is 0 Å². The van der Waals surface area contributed by atoms with Gasteiger partial charge in [0.2, 0.25) is 0 Å². The van der Waals surface area contributed by atoms with Gasteiger partial charge in [-0.3, -0.25) is 0 Å². The lowest BCUT2D eigenvalue weighted by Gasteiger charge is -2.14. The minimum absolute atomic E-state index is 0.656. The SMILES string of the molecule is CNCC1c2ccoc2CC1C. The molecular formula is C10H15NO. The molecule has 1 heterocycles. The predicted molar refractivity (Wildman–Crippen MR) is 48.2 cm³/mol. The summed E-state index contributed by atoms with van der Waals surface area (Å²) in [4.78, 5) is 0. The summed E-state index contributed by atoms with van der Waals surface area (Å²) in [6.45, 7) is 3.35. The van der Waals surface area contributed by atoms with Crippen molar-refractivity contribution in [3.05, 3.63) is 23.7 Å². The van der Waals surface area contributed by atoms with Gasteiger partial charge >= 0.3 is 0 Å². The van der Waals surface area contributed by atoms with E-state index < -0.39 is 0 Å². The molecule has 1 aliphatic carbocycles. The minimum Gasteiger partial charge on any atom is -0.469 e. The molecule has 0 spiro atoms. The van der Waals surface area contributed by atoms with Gasteiger partial charge in [0, 0.05) is 18.9 Å². The molecule has 1 N–H and O–H groups in total. The average Bonchev–Trinajstić information content (AvgIpc) is 2.56. The molecule has 0 aliphatic heterocycles. The molecule has 12 heavy (non-hydrogen) atoms. The number of hydrogen-bond donors (Lipinski definition) is 1. The maximum Gasteiger partial charge on any atom is 0.107 e. The highest BCUT2D eigenvalue weighted by atomic mass is 16.3. The second kappa shape index (κ2) is 2.94. The molecule has 2 rings (SSSR count). The second-order valence-corrected chi connectivity index (χ2v) is 3.64. The van der Waals surface area contributed by atoms with Crippen molar-refractivity contribution in [2.75, 3.05) is 13.6 Å². The van der Waals surface area contributed by atoms with Crippen LogP contribution in [0.15, 0.2) is 16.7 Å². The highest BCUT2D eigenvalue weighted by Crippen LogP contribution is 2.37. The van der Waals surface area contributed by atoms with E-state index in [1.54, 1.807) is 6.26 Å². The summed E-state index contributed by atoms with van der Waals surface area (Å²) >= 11 is 0. The van der Waals surface area contributed by atoms with Gasteiger partial charge in [-0.2, -0.15) is 0 Å². The molecule has 0 saturated heterocycles. The largest absolute Gasteiger partial charge is 0.469 e. The molecular weight excluding hydrogens is 150 g/mol. The predicted octanol–water partition coefficient (Wildman–Crippen LogP) is 1.77. The van der Waals surface area contributed by atoms with Crippen LogP contribution in [-0.4, -0.2) is 13.6 Å². The highest BCUT2D eigenvalue weighted by molar-refractivity contribution is 5.29. The van der Waals surface area contributed by atoms with E-state index in [0.29, 0.717) is 5.92 Å². The van der Waals surface area contributed by atoms with Gasteiger partial charge in [-0.25, -0.2) is 0 Å². The first-order chi connectivity index (χ1) is 5.83. The van der Waals surface area contributed by atoms with Crippen molar-refractivity contribution in [3.63, 3.8) is 0 Å². The van der Waals surface area contributed by atoms with E-state index in [4.69, 9.17) is 4.42 Å². The fourth-order valence-electron chi connectivity index (χ4n) is 2.12. The number of nitrogens with one attached hydrogen (secondary N) is 1. The third-order valence-corrected chi connectivity index (χ3v) is 2.80. The van der Waals surface area contributed by atoms with Crippen LogP contribution in [0.2, 0.25) is 0 Å². The van der Waals surface area contributed by atoms with E-state index in [2.05, 4.69) is 18.3 Å². The smallest absolute Gasteiger partial charge is 0.107 e. The van der Waals surface area contributed by atoms with Crippen LogP contribution in [0.25, 0.3) is 0 Å². The monoisotopic (exact) mass is 165 g/mol. The molecule has 0 amide bonds. The van der Waals surface area contributed by atoms with Crippen LogP contribution >= 0.6 is 0 Å². The van der Waals surface area contributed by atoms with Crippen LogP contribution in [-0.2, 0) is 6.42 Å². The molecule has 2 atom stereocenters. The zero-order valence-electron chi connectivity index (χ0n) is 7.63. The van der Waals surface area contributed by atoms with Crippen molar-refractivity contribution in [1.82, 2.24) is 5.32 Å². The Bertz CT molecular complexity index is 267. The van der Waals surface area contributed by atoms with Crippen molar-refractivity contribution in [1.29, 1.82) is 0 Å². The third-order valence-electron chi connectivity index (χ3n) is 2.80. The molecule has 0 aromatic carbocycles. The lowest BCUT2D eigenvalue weighted by atomic mass is 9.95. The summed E-state index contributed by atoms with van der Waals surface area (Å²) in [5.41, 5.74) is 1.41. The molecule has 0 radical (unpaired) electrons. The van der Waals surface area contributed by atoms with E-state index >= 15 is 0 Å². The first-order valence-corrected chi connectivity index (χ1v) is 4.53. The normalized spacial score (nSPS) is 27.5. The Morgan fingerprint density at radius 3 is 3.25 bits per heavy atom. The Morgan fingerprint density at radius 2 is 2.50 bits per heavy atom. The van der Waals surface area contributed by atoms with E-state index in [1.165, 1.54) is 11.3 Å². The molecule has 1 aliphatic rings. The summed E-state index contributed by atoms with van der Waals surface area (Å²) in [5, 5.41) is 3.23. The maximum absolute atomic E-state index is 5.40. The quantitative estimate of drug-likeness (QED) is 0.722. The summed E-state index contributed by atoms with van der Waals surface area (Å²) in [5.74, 6) is 2.58. The number of rotatable bonds is 2. The van der Waals surface area contributed by atoms with Crippen molar-refractivity contribution in [2.45, 2.75) is 19.3 Å². The van der Waals surface area contributed by atoms with Gasteiger partial charge in [-0.1, -0.05) is 6.92 Å².